The van der Waals surface area contributed by atoms with E-state index in [2.05, 4.69) is 27.9 Å². The van der Waals surface area contributed by atoms with Gasteiger partial charge in [-0.1, -0.05) is 11.6 Å². The van der Waals surface area contributed by atoms with Gasteiger partial charge in [-0.25, -0.2) is 0 Å². The van der Waals surface area contributed by atoms with Crippen molar-refractivity contribution >= 4 is 39.9 Å². The molecule has 0 aliphatic rings. The van der Waals surface area contributed by atoms with Gasteiger partial charge in [-0.05, 0) is 52.9 Å². The van der Waals surface area contributed by atoms with Gasteiger partial charge < -0.3 is 9.73 Å². The van der Waals surface area contributed by atoms with Crippen LogP contribution in [0.2, 0.25) is 5.02 Å². The highest BCUT2D eigenvalue weighted by Gasteiger charge is 2.03. The van der Waals surface area contributed by atoms with Gasteiger partial charge in [-0.2, -0.15) is 5.26 Å². The zero-order valence-corrected chi connectivity index (χ0v) is 11.6. The monoisotopic (exact) mass is 358 g/mol. The molecule has 0 fully saturated rings. The SMILES string of the molecule is N#Cc1ccc(CNc2ccc(I)cc2Cl)o1. The lowest BCUT2D eigenvalue weighted by Gasteiger charge is -2.06. The fourth-order valence-electron chi connectivity index (χ4n) is 1.35. The summed E-state index contributed by atoms with van der Waals surface area (Å²) in [5, 5.41) is 12.5. The Morgan fingerprint density at radius 3 is 2.82 bits per heavy atom. The third-order valence-electron chi connectivity index (χ3n) is 2.16. The summed E-state index contributed by atoms with van der Waals surface area (Å²) in [7, 11) is 0. The zero-order chi connectivity index (χ0) is 12.3. The third kappa shape index (κ3) is 3.14. The second-order valence-corrected chi connectivity index (χ2v) is 5.01. The van der Waals surface area contributed by atoms with Crippen molar-refractivity contribution in [3.8, 4) is 6.07 Å². The molecule has 1 aromatic carbocycles. The Hall–Kier alpha value is -1.19. The normalized spacial score (nSPS) is 9.94. The Morgan fingerprint density at radius 2 is 2.18 bits per heavy atom. The molecule has 1 N–H and O–H groups in total. The van der Waals surface area contributed by atoms with Crippen molar-refractivity contribution < 1.29 is 4.42 Å². The number of furan rings is 1. The minimum Gasteiger partial charge on any atom is -0.449 e. The lowest BCUT2D eigenvalue weighted by molar-refractivity contribution is 0.506. The summed E-state index contributed by atoms with van der Waals surface area (Å²) in [5.74, 6) is 1.02. The molecular weight excluding hydrogens is 351 g/mol. The Kier molecular flexibility index (Phi) is 3.92. The minimum atomic E-state index is 0.315. The molecule has 1 aromatic heterocycles. The number of nitrogens with one attached hydrogen (secondary N) is 1. The molecule has 0 spiro atoms. The fourth-order valence-corrected chi connectivity index (χ4v) is 2.27. The summed E-state index contributed by atoms with van der Waals surface area (Å²) in [4.78, 5) is 0. The van der Waals surface area contributed by atoms with E-state index in [4.69, 9.17) is 21.3 Å². The van der Waals surface area contributed by atoms with Gasteiger partial charge in [0.25, 0.3) is 0 Å². The van der Waals surface area contributed by atoms with Crippen LogP contribution in [0, 0.1) is 14.9 Å². The molecule has 17 heavy (non-hydrogen) atoms. The predicted molar refractivity (Wildman–Crippen MR) is 74.9 cm³/mol. The van der Waals surface area contributed by atoms with Crippen molar-refractivity contribution in [2.45, 2.75) is 6.54 Å². The van der Waals surface area contributed by atoms with Crippen molar-refractivity contribution in [3.05, 3.63) is 50.4 Å². The smallest absolute Gasteiger partial charge is 0.203 e. The maximum atomic E-state index is 8.62. The largest absolute Gasteiger partial charge is 0.449 e. The second-order valence-electron chi connectivity index (χ2n) is 3.36. The molecular formula is C12H8ClIN2O. The van der Waals surface area contributed by atoms with Crippen molar-refractivity contribution in [2.75, 3.05) is 5.32 Å². The predicted octanol–water partition coefficient (Wildman–Crippen LogP) is 4.02. The average Bonchev–Trinajstić information content (AvgIpc) is 2.76. The molecule has 2 rings (SSSR count). The first kappa shape index (κ1) is 12.3. The van der Waals surface area contributed by atoms with Crippen LogP contribution in [0.5, 0.6) is 0 Å². The van der Waals surface area contributed by atoms with Crippen LogP contribution in [0.25, 0.3) is 0 Å². The molecule has 3 nitrogen and oxygen atoms in total. The molecule has 0 unspecified atom stereocenters. The molecule has 0 amide bonds. The Morgan fingerprint density at radius 1 is 1.35 bits per heavy atom. The number of anilines is 1. The van der Waals surface area contributed by atoms with Crippen LogP contribution in [0.3, 0.4) is 0 Å². The highest BCUT2D eigenvalue weighted by Crippen LogP contribution is 2.24. The maximum Gasteiger partial charge on any atom is 0.203 e. The summed E-state index contributed by atoms with van der Waals surface area (Å²) in [6, 6.07) is 11.1. The number of nitrogens with zero attached hydrogens (tertiary/aromatic N) is 1. The standard InChI is InChI=1S/C12H8ClIN2O/c13-11-5-8(14)1-4-12(11)16-7-10-3-2-9(6-15)17-10/h1-5,16H,7H2. The summed E-state index contributed by atoms with van der Waals surface area (Å²) >= 11 is 8.28. The minimum absolute atomic E-state index is 0.315. The number of benzene rings is 1. The molecule has 86 valence electrons. The van der Waals surface area contributed by atoms with Gasteiger partial charge in [-0.15, -0.1) is 0 Å². The molecule has 1 heterocycles. The highest BCUT2D eigenvalue weighted by molar-refractivity contribution is 14.1. The van der Waals surface area contributed by atoms with E-state index in [0.717, 1.165) is 9.26 Å². The van der Waals surface area contributed by atoms with Gasteiger partial charge in [0.05, 0.1) is 17.3 Å². The van der Waals surface area contributed by atoms with Crippen LogP contribution < -0.4 is 5.32 Å². The molecule has 0 atom stereocenters. The number of rotatable bonds is 3. The molecule has 0 radical (unpaired) electrons. The maximum absolute atomic E-state index is 8.62. The van der Waals surface area contributed by atoms with E-state index >= 15 is 0 Å². The Bertz CT molecular complexity index is 574. The van der Waals surface area contributed by atoms with Crippen LogP contribution in [0.4, 0.5) is 5.69 Å². The van der Waals surface area contributed by atoms with Crippen LogP contribution in [-0.4, -0.2) is 0 Å². The summed E-state index contributed by atoms with van der Waals surface area (Å²) in [5.41, 5.74) is 0.849. The van der Waals surface area contributed by atoms with E-state index in [1.807, 2.05) is 24.3 Å². The molecule has 0 aliphatic heterocycles. The first-order valence-corrected chi connectivity index (χ1v) is 6.32. The summed E-state index contributed by atoms with van der Waals surface area (Å²) in [6.07, 6.45) is 0. The second kappa shape index (κ2) is 5.43. The van der Waals surface area contributed by atoms with Crippen LogP contribution in [-0.2, 0) is 6.54 Å². The summed E-state index contributed by atoms with van der Waals surface area (Å²) in [6.45, 7) is 0.502. The van der Waals surface area contributed by atoms with Gasteiger partial charge in [0.2, 0.25) is 5.76 Å². The molecule has 0 saturated carbocycles. The van der Waals surface area contributed by atoms with Crippen molar-refractivity contribution in [3.63, 3.8) is 0 Å². The lowest BCUT2D eigenvalue weighted by Crippen LogP contribution is -1.98. The quantitative estimate of drug-likeness (QED) is 0.843. The van der Waals surface area contributed by atoms with E-state index in [1.165, 1.54) is 0 Å². The van der Waals surface area contributed by atoms with E-state index in [0.29, 0.717) is 23.1 Å². The first-order chi connectivity index (χ1) is 8.19. The number of hydrogen-bond donors (Lipinski definition) is 1. The van der Waals surface area contributed by atoms with Crippen molar-refractivity contribution in [1.29, 1.82) is 5.26 Å². The number of halogens is 2. The number of hydrogen-bond acceptors (Lipinski definition) is 3. The Labute approximate surface area is 118 Å². The highest BCUT2D eigenvalue weighted by atomic mass is 127. The van der Waals surface area contributed by atoms with Crippen molar-refractivity contribution in [2.24, 2.45) is 0 Å². The van der Waals surface area contributed by atoms with E-state index in [1.54, 1.807) is 12.1 Å². The van der Waals surface area contributed by atoms with E-state index in [9.17, 15) is 0 Å². The topological polar surface area (TPSA) is 49.0 Å². The average molecular weight is 359 g/mol. The fraction of sp³-hybridized carbons (Fsp3) is 0.0833. The van der Waals surface area contributed by atoms with Gasteiger partial charge in [0.1, 0.15) is 11.8 Å². The van der Waals surface area contributed by atoms with Crippen LogP contribution >= 0.6 is 34.2 Å². The molecule has 5 heteroatoms. The van der Waals surface area contributed by atoms with Gasteiger partial charge in [0, 0.05) is 3.57 Å². The van der Waals surface area contributed by atoms with Gasteiger partial charge >= 0.3 is 0 Å². The Balaban J connectivity index is 2.05. The number of nitriles is 1. The molecule has 0 saturated heterocycles. The summed E-state index contributed by atoms with van der Waals surface area (Å²) < 4.78 is 6.34. The van der Waals surface area contributed by atoms with Gasteiger partial charge in [0.15, 0.2) is 0 Å². The molecule has 2 aromatic rings. The van der Waals surface area contributed by atoms with Crippen molar-refractivity contribution in [1.82, 2.24) is 0 Å². The van der Waals surface area contributed by atoms with E-state index in [-0.39, 0.29) is 0 Å². The molecule has 0 bridgehead atoms. The van der Waals surface area contributed by atoms with Crippen LogP contribution in [0.15, 0.2) is 34.7 Å². The lowest BCUT2D eigenvalue weighted by atomic mass is 10.3. The zero-order valence-electron chi connectivity index (χ0n) is 8.71. The van der Waals surface area contributed by atoms with Gasteiger partial charge in [-0.3, -0.25) is 0 Å². The van der Waals surface area contributed by atoms with Crippen LogP contribution in [0.1, 0.15) is 11.5 Å². The molecule has 0 aliphatic carbocycles. The third-order valence-corrected chi connectivity index (χ3v) is 3.14. The van der Waals surface area contributed by atoms with E-state index < -0.39 is 0 Å². The first-order valence-electron chi connectivity index (χ1n) is 4.87.